The second kappa shape index (κ2) is 4.45. The highest BCUT2D eigenvalue weighted by Crippen LogP contribution is 2.27. The predicted molar refractivity (Wildman–Crippen MR) is 76.4 cm³/mol. The molecule has 4 rings (SSSR count). The molecule has 4 aromatic rings. The van der Waals surface area contributed by atoms with Crippen molar-refractivity contribution in [2.45, 2.75) is 6.92 Å². The van der Waals surface area contributed by atoms with Gasteiger partial charge in [0, 0.05) is 5.56 Å². The van der Waals surface area contributed by atoms with Crippen LogP contribution in [0.25, 0.3) is 27.1 Å². The average molecular weight is 300 g/mol. The first kappa shape index (κ1) is 12.2. The largest absolute Gasteiger partial charge is 0.274 e. The van der Waals surface area contributed by atoms with Gasteiger partial charge < -0.3 is 0 Å². The first-order valence-electron chi connectivity index (χ1n) is 6.21. The zero-order valence-electron chi connectivity index (χ0n) is 10.9. The van der Waals surface area contributed by atoms with Gasteiger partial charge in [-0.1, -0.05) is 11.3 Å². The molecule has 0 radical (unpaired) electrons. The maximum absolute atomic E-state index is 13.0. The minimum absolute atomic E-state index is 0.268. The summed E-state index contributed by atoms with van der Waals surface area (Å²) in [6.07, 6.45) is 0. The van der Waals surface area contributed by atoms with E-state index >= 15 is 0 Å². The minimum Gasteiger partial charge on any atom is -0.274 e. The van der Waals surface area contributed by atoms with Gasteiger partial charge in [0.15, 0.2) is 0 Å². The molecule has 0 saturated carbocycles. The maximum atomic E-state index is 13.0. The van der Waals surface area contributed by atoms with E-state index in [-0.39, 0.29) is 5.82 Å². The van der Waals surface area contributed by atoms with E-state index in [2.05, 4.69) is 25.5 Å². The fraction of sp³-hybridized carbons (Fsp3) is 0.0769. The molecule has 0 unspecified atom stereocenters. The Morgan fingerprint density at radius 1 is 1.19 bits per heavy atom. The Kier molecular flexibility index (Phi) is 2.58. The van der Waals surface area contributed by atoms with Crippen LogP contribution in [0.15, 0.2) is 30.3 Å². The van der Waals surface area contributed by atoms with E-state index in [1.165, 1.54) is 23.5 Å². The Hall–Kier alpha value is -2.61. The van der Waals surface area contributed by atoms with E-state index in [1.807, 2.05) is 13.0 Å². The molecule has 0 aliphatic heterocycles. The zero-order valence-corrected chi connectivity index (χ0v) is 11.7. The summed E-state index contributed by atoms with van der Waals surface area (Å²) >= 11 is 1.40. The SMILES string of the molecule is Cc1cc(-c2nnc3sc(-c4ccc(F)cc4)nn23)[nH]n1. The molecule has 104 valence electrons. The highest BCUT2D eigenvalue weighted by atomic mass is 32.1. The Morgan fingerprint density at radius 3 is 2.71 bits per heavy atom. The van der Waals surface area contributed by atoms with Gasteiger partial charge in [-0.2, -0.15) is 14.7 Å². The molecule has 1 N–H and O–H groups in total. The second-order valence-corrected chi connectivity index (χ2v) is 5.51. The lowest BCUT2D eigenvalue weighted by Crippen LogP contribution is -1.91. The summed E-state index contributed by atoms with van der Waals surface area (Å²) in [5.74, 6) is 0.339. The number of aromatic amines is 1. The first-order chi connectivity index (χ1) is 10.2. The topological polar surface area (TPSA) is 71.8 Å². The number of aromatic nitrogens is 6. The number of fused-ring (bicyclic) bond motifs is 1. The minimum atomic E-state index is -0.268. The molecule has 0 fully saturated rings. The fourth-order valence-corrected chi connectivity index (χ4v) is 2.88. The molecule has 3 aromatic heterocycles. The van der Waals surface area contributed by atoms with Crippen LogP contribution in [0.4, 0.5) is 4.39 Å². The molecule has 3 heterocycles. The Bertz CT molecular complexity index is 920. The predicted octanol–water partition coefficient (Wildman–Crippen LogP) is 2.69. The number of rotatable bonds is 2. The lowest BCUT2D eigenvalue weighted by atomic mass is 10.2. The van der Waals surface area contributed by atoms with Crippen LogP contribution in [0.1, 0.15) is 5.69 Å². The normalized spacial score (nSPS) is 11.3. The molecule has 1 aromatic carbocycles. The lowest BCUT2D eigenvalue weighted by Gasteiger charge is -1.94. The standard InChI is InChI=1S/C13H9FN6S/c1-7-6-10(16-15-7)11-17-18-13-20(11)19-12(21-13)8-2-4-9(14)5-3-8/h2-6H,1H3,(H,15,16). The summed E-state index contributed by atoms with van der Waals surface area (Å²) in [6.45, 7) is 1.89. The third-order valence-electron chi connectivity index (χ3n) is 3.03. The molecule has 0 aliphatic rings. The second-order valence-electron chi connectivity index (χ2n) is 4.56. The smallest absolute Gasteiger partial charge is 0.235 e. The molecule has 0 saturated heterocycles. The number of nitrogens with zero attached hydrogens (tertiary/aromatic N) is 5. The summed E-state index contributed by atoms with van der Waals surface area (Å²) in [5.41, 5.74) is 2.48. The summed E-state index contributed by atoms with van der Waals surface area (Å²) in [5, 5.41) is 20.5. The van der Waals surface area contributed by atoms with Crippen LogP contribution >= 0.6 is 11.3 Å². The molecule has 0 spiro atoms. The van der Waals surface area contributed by atoms with Crippen LogP contribution in [0.2, 0.25) is 0 Å². The van der Waals surface area contributed by atoms with E-state index < -0.39 is 0 Å². The highest BCUT2D eigenvalue weighted by Gasteiger charge is 2.15. The van der Waals surface area contributed by atoms with E-state index in [9.17, 15) is 4.39 Å². The van der Waals surface area contributed by atoms with Crippen LogP contribution < -0.4 is 0 Å². The van der Waals surface area contributed by atoms with Crippen molar-refractivity contribution >= 4 is 16.3 Å². The van der Waals surface area contributed by atoms with Gasteiger partial charge in [-0.15, -0.1) is 10.2 Å². The molecule has 21 heavy (non-hydrogen) atoms. The van der Waals surface area contributed by atoms with Crippen molar-refractivity contribution in [1.82, 2.24) is 30.0 Å². The zero-order chi connectivity index (χ0) is 14.4. The molecule has 0 atom stereocenters. The van der Waals surface area contributed by atoms with Gasteiger partial charge in [0.2, 0.25) is 10.8 Å². The Labute approximate surface area is 122 Å². The number of benzene rings is 1. The third-order valence-corrected chi connectivity index (χ3v) is 3.98. The molecular formula is C13H9FN6S. The number of hydrogen-bond acceptors (Lipinski definition) is 5. The van der Waals surface area contributed by atoms with Crippen LogP contribution in [0.3, 0.4) is 0 Å². The average Bonchev–Trinajstić information content (AvgIpc) is 3.14. The van der Waals surface area contributed by atoms with Gasteiger partial charge in [0.25, 0.3) is 0 Å². The van der Waals surface area contributed by atoms with Crippen molar-refractivity contribution in [3.8, 4) is 22.1 Å². The van der Waals surface area contributed by atoms with Crippen molar-refractivity contribution in [2.75, 3.05) is 0 Å². The van der Waals surface area contributed by atoms with Crippen LogP contribution in [-0.4, -0.2) is 30.0 Å². The van der Waals surface area contributed by atoms with E-state index in [4.69, 9.17) is 0 Å². The Morgan fingerprint density at radius 2 is 2.00 bits per heavy atom. The van der Waals surface area contributed by atoms with Crippen molar-refractivity contribution in [3.05, 3.63) is 41.8 Å². The molecular weight excluding hydrogens is 291 g/mol. The quantitative estimate of drug-likeness (QED) is 0.618. The monoisotopic (exact) mass is 300 g/mol. The van der Waals surface area contributed by atoms with Crippen LogP contribution in [0, 0.1) is 12.7 Å². The van der Waals surface area contributed by atoms with Crippen molar-refractivity contribution < 1.29 is 4.39 Å². The molecule has 8 heteroatoms. The molecule has 0 amide bonds. The number of H-pyrrole nitrogens is 1. The number of nitrogens with one attached hydrogen (secondary N) is 1. The molecule has 0 aliphatic carbocycles. The fourth-order valence-electron chi connectivity index (χ4n) is 2.03. The number of halogens is 1. The molecule has 6 nitrogen and oxygen atoms in total. The third kappa shape index (κ3) is 2.00. The summed E-state index contributed by atoms with van der Waals surface area (Å²) in [7, 11) is 0. The van der Waals surface area contributed by atoms with Gasteiger partial charge in [0.05, 0.1) is 5.69 Å². The molecule has 0 bridgehead atoms. The highest BCUT2D eigenvalue weighted by molar-refractivity contribution is 7.19. The number of aryl methyl sites for hydroxylation is 1. The van der Waals surface area contributed by atoms with E-state index in [1.54, 1.807) is 16.6 Å². The van der Waals surface area contributed by atoms with Crippen LogP contribution in [0.5, 0.6) is 0 Å². The van der Waals surface area contributed by atoms with Gasteiger partial charge in [-0.25, -0.2) is 4.39 Å². The van der Waals surface area contributed by atoms with E-state index in [0.717, 1.165) is 22.0 Å². The van der Waals surface area contributed by atoms with E-state index in [0.29, 0.717) is 10.8 Å². The lowest BCUT2D eigenvalue weighted by molar-refractivity contribution is 0.628. The summed E-state index contributed by atoms with van der Waals surface area (Å²) < 4.78 is 14.6. The Balaban J connectivity index is 1.84. The van der Waals surface area contributed by atoms with Gasteiger partial charge in [-0.3, -0.25) is 5.10 Å². The van der Waals surface area contributed by atoms with Crippen molar-refractivity contribution in [3.63, 3.8) is 0 Å². The maximum Gasteiger partial charge on any atom is 0.235 e. The summed E-state index contributed by atoms with van der Waals surface area (Å²) in [6, 6.07) is 8.10. The van der Waals surface area contributed by atoms with Gasteiger partial charge in [-0.05, 0) is 37.3 Å². The van der Waals surface area contributed by atoms with Gasteiger partial charge in [0.1, 0.15) is 16.5 Å². The first-order valence-corrected chi connectivity index (χ1v) is 7.03. The van der Waals surface area contributed by atoms with Crippen LogP contribution in [-0.2, 0) is 0 Å². The summed E-state index contributed by atoms with van der Waals surface area (Å²) in [4.78, 5) is 0.677. The van der Waals surface area contributed by atoms with Crippen molar-refractivity contribution in [1.29, 1.82) is 0 Å². The van der Waals surface area contributed by atoms with Gasteiger partial charge >= 0.3 is 0 Å². The number of hydrogen-bond donors (Lipinski definition) is 1. The van der Waals surface area contributed by atoms with Crippen molar-refractivity contribution in [2.24, 2.45) is 0 Å².